The molecule has 46 heavy (non-hydrogen) atoms. The molecule has 0 aliphatic carbocycles. The van der Waals surface area contributed by atoms with Crippen molar-refractivity contribution in [1.82, 2.24) is 9.80 Å². The van der Waals surface area contributed by atoms with Crippen LogP contribution in [0.1, 0.15) is 36.8 Å². The number of likely N-dealkylation sites (tertiary alicyclic amines) is 1. The number of hydrogen-bond donors (Lipinski definition) is 5. The molecule has 2 aromatic carbocycles. The third-order valence-electron chi connectivity index (χ3n) is 8.31. The van der Waals surface area contributed by atoms with Crippen LogP contribution in [0.4, 0.5) is 10.1 Å². The molecule has 1 saturated heterocycles. The van der Waals surface area contributed by atoms with Crippen LogP contribution in [-0.2, 0) is 35.8 Å². The second kappa shape index (κ2) is 14.4. The number of aliphatic hydroxyl groups is 1. The Morgan fingerprint density at radius 3 is 2.13 bits per heavy atom. The fourth-order valence-corrected chi connectivity index (χ4v) is 6.13. The summed E-state index contributed by atoms with van der Waals surface area (Å²) in [5.74, 6) is -5.60. The summed E-state index contributed by atoms with van der Waals surface area (Å²) >= 11 is 6.32. The number of piperidine rings is 1. The smallest absolute Gasteiger partial charge is 0.336 e. The van der Waals surface area contributed by atoms with Crippen molar-refractivity contribution in [3.8, 4) is 5.75 Å². The number of phenolic OH excluding ortho intramolecular Hbond substituents is 1. The van der Waals surface area contributed by atoms with Gasteiger partial charge in [0.15, 0.2) is 5.60 Å². The molecule has 13 nitrogen and oxygen atoms in total. The number of likely N-dealkylation sites (N-methyl/N-ethyl adjacent to an activating group) is 1. The molecule has 2 aliphatic heterocycles. The molecule has 15 heteroatoms. The SMILES string of the molecule is CN(C)C(=O)C(Cc1cc(O)ccc1Cl)CN1CCC2(CC1)C(=O)N(C)c1ccc(F)cc12.O=C(O)CC(O)(CC(=O)O)C(=O)O. The Labute approximate surface area is 269 Å². The highest BCUT2D eigenvalue weighted by Gasteiger charge is 2.51. The van der Waals surface area contributed by atoms with Crippen LogP contribution in [0, 0.1) is 11.7 Å². The van der Waals surface area contributed by atoms with Gasteiger partial charge in [-0.3, -0.25) is 19.2 Å². The Balaban J connectivity index is 0.000000376. The van der Waals surface area contributed by atoms with E-state index in [0.29, 0.717) is 43.9 Å². The highest BCUT2D eigenvalue weighted by atomic mass is 35.5. The molecule has 250 valence electrons. The van der Waals surface area contributed by atoms with Crippen molar-refractivity contribution in [2.75, 3.05) is 45.7 Å². The maximum Gasteiger partial charge on any atom is 0.336 e. The predicted octanol–water partition coefficient (Wildman–Crippen LogP) is 2.19. The van der Waals surface area contributed by atoms with Gasteiger partial charge in [0.2, 0.25) is 11.8 Å². The second-order valence-corrected chi connectivity index (χ2v) is 12.2. The van der Waals surface area contributed by atoms with Gasteiger partial charge in [0.05, 0.1) is 24.2 Å². The van der Waals surface area contributed by atoms with Gasteiger partial charge < -0.3 is 40.2 Å². The lowest BCUT2D eigenvalue weighted by Gasteiger charge is -2.39. The number of benzene rings is 2. The van der Waals surface area contributed by atoms with E-state index in [4.69, 9.17) is 32.0 Å². The first-order chi connectivity index (χ1) is 21.4. The first-order valence-corrected chi connectivity index (χ1v) is 14.7. The van der Waals surface area contributed by atoms with Gasteiger partial charge in [0, 0.05) is 38.4 Å². The van der Waals surface area contributed by atoms with E-state index in [9.17, 15) is 33.5 Å². The molecule has 0 radical (unpaired) electrons. The summed E-state index contributed by atoms with van der Waals surface area (Å²) in [7, 11) is 5.19. The Bertz CT molecular complexity index is 1490. The lowest BCUT2D eigenvalue weighted by Crippen LogP contribution is -2.50. The molecule has 0 bridgehead atoms. The molecule has 1 spiro atoms. The van der Waals surface area contributed by atoms with E-state index in [2.05, 4.69) is 4.90 Å². The van der Waals surface area contributed by atoms with Crippen LogP contribution in [0.3, 0.4) is 0 Å². The van der Waals surface area contributed by atoms with E-state index >= 15 is 0 Å². The summed E-state index contributed by atoms with van der Waals surface area (Å²) in [6.07, 6.45) is -0.740. The van der Waals surface area contributed by atoms with Gasteiger partial charge in [0.1, 0.15) is 11.6 Å². The number of amides is 2. The Morgan fingerprint density at radius 1 is 1.02 bits per heavy atom. The minimum Gasteiger partial charge on any atom is -0.508 e. The van der Waals surface area contributed by atoms with Crippen LogP contribution in [0.2, 0.25) is 5.02 Å². The lowest BCUT2D eigenvalue weighted by atomic mass is 9.73. The van der Waals surface area contributed by atoms with Crippen molar-refractivity contribution in [3.05, 3.63) is 58.4 Å². The zero-order chi connectivity index (χ0) is 34.6. The molecule has 1 unspecified atom stereocenters. The van der Waals surface area contributed by atoms with E-state index in [1.807, 2.05) is 0 Å². The van der Waals surface area contributed by atoms with Crippen LogP contribution < -0.4 is 4.90 Å². The first-order valence-electron chi connectivity index (χ1n) is 14.3. The van der Waals surface area contributed by atoms with Gasteiger partial charge in [0.25, 0.3) is 0 Å². The summed E-state index contributed by atoms with van der Waals surface area (Å²) in [5, 5.41) is 44.2. The largest absolute Gasteiger partial charge is 0.508 e. The minimum absolute atomic E-state index is 0.00945. The summed E-state index contributed by atoms with van der Waals surface area (Å²) in [4.78, 5) is 62.0. The number of fused-ring (bicyclic) bond motifs is 2. The number of carboxylic acid groups (broad SMARTS) is 3. The van der Waals surface area contributed by atoms with Crippen LogP contribution >= 0.6 is 11.6 Å². The lowest BCUT2D eigenvalue weighted by molar-refractivity contribution is -0.170. The van der Waals surface area contributed by atoms with Crippen molar-refractivity contribution in [2.24, 2.45) is 5.92 Å². The standard InChI is InChI=1S/C25H29ClFN3O3.C6H8O7/c1-28(2)23(32)17(12-16-13-19(31)5-6-21(16)26)15-30-10-8-25(9-11-30)20-14-18(27)4-7-22(20)29(3)24(25)33;7-3(8)1-6(13,5(11)12)2-4(9)10/h4-7,13-14,17,31H,8-12,15H2,1-3H3;13H,1-2H2,(H,7,8)(H,9,10)(H,11,12). The summed E-state index contributed by atoms with van der Waals surface area (Å²) in [5.41, 5.74) is -1.19. The molecule has 0 saturated carbocycles. The maximum atomic E-state index is 14.0. The number of carbonyl (C=O) groups is 5. The monoisotopic (exact) mass is 665 g/mol. The van der Waals surface area contributed by atoms with Crippen molar-refractivity contribution >= 4 is 47.0 Å². The van der Waals surface area contributed by atoms with Crippen LogP contribution in [0.15, 0.2) is 36.4 Å². The number of rotatable bonds is 10. The van der Waals surface area contributed by atoms with Crippen molar-refractivity contribution in [2.45, 2.75) is 43.1 Å². The number of aromatic hydroxyl groups is 1. The highest BCUT2D eigenvalue weighted by Crippen LogP contribution is 2.47. The van der Waals surface area contributed by atoms with E-state index in [1.165, 1.54) is 18.2 Å². The van der Waals surface area contributed by atoms with Crippen molar-refractivity contribution < 1.29 is 53.9 Å². The van der Waals surface area contributed by atoms with Gasteiger partial charge in [-0.05, 0) is 79.9 Å². The number of hydrogen-bond acceptors (Lipinski definition) is 8. The molecule has 2 amide bonds. The molecule has 2 aromatic rings. The van der Waals surface area contributed by atoms with Gasteiger partial charge in [-0.1, -0.05) is 11.6 Å². The van der Waals surface area contributed by atoms with Gasteiger partial charge in [-0.15, -0.1) is 0 Å². The Kier molecular flexibility index (Phi) is 11.4. The highest BCUT2D eigenvalue weighted by molar-refractivity contribution is 6.31. The quantitative estimate of drug-likeness (QED) is 0.250. The van der Waals surface area contributed by atoms with Gasteiger partial charge in [-0.25, -0.2) is 9.18 Å². The van der Waals surface area contributed by atoms with Crippen LogP contribution in [0.5, 0.6) is 5.75 Å². The van der Waals surface area contributed by atoms with E-state index in [0.717, 1.165) is 16.8 Å². The van der Waals surface area contributed by atoms with E-state index < -0.39 is 41.8 Å². The second-order valence-electron chi connectivity index (χ2n) is 11.8. The maximum absolute atomic E-state index is 14.0. The van der Waals surface area contributed by atoms with Crippen molar-refractivity contribution in [3.63, 3.8) is 0 Å². The number of halogens is 2. The molecule has 0 aromatic heterocycles. The van der Waals surface area contributed by atoms with Gasteiger partial charge >= 0.3 is 17.9 Å². The number of aliphatic carboxylic acids is 3. The van der Waals surface area contributed by atoms with Crippen LogP contribution in [0.25, 0.3) is 0 Å². The Hall–Kier alpha value is -4.27. The molecule has 1 fully saturated rings. The molecule has 2 aliphatic rings. The number of anilines is 1. The third-order valence-corrected chi connectivity index (χ3v) is 8.68. The third kappa shape index (κ3) is 8.11. The normalized spacial score (nSPS) is 16.3. The topological polar surface area (TPSA) is 196 Å². The molecular formula is C31H37ClFN3O10. The number of phenols is 1. The average Bonchev–Trinajstić information content (AvgIpc) is 3.15. The van der Waals surface area contributed by atoms with Crippen LogP contribution in [-0.4, -0.2) is 111 Å². The zero-order valence-electron chi connectivity index (χ0n) is 25.6. The number of carboxylic acids is 3. The summed E-state index contributed by atoms with van der Waals surface area (Å²) in [6, 6.07) is 9.31. The molecule has 1 atom stereocenters. The predicted molar refractivity (Wildman–Crippen MR) is 163 cm³/mol. The molecule has 5 N–H and O–H groups in total. The fourth-order valence-electron chi connectivity index (χ4n) is 5.93. The first kappa shape index (κ1) is 36.2. The average molecular weight is 666 g/mol. The van der Waals surface area contributed by atoms with Crippen molar-refractivity contribution in [1.29, 1.82) is 0 Å². The zero-order valence-corrected chi connectivity index (χ0v) is 26.3. The summed E-state index contributed by atoms with van der Waals surface area (Å²) in [6.45, 7) is 1.76. The number of nitrogens with zero attached hydrogens (tertiary/aromatic N) is 3. The van der Waals surface area contributed by atoms with E-state index in [1.54, 1.807) is 49.1 Å². The van der Waals surface area contributed by atoms with Gasteiger partial charge in [-0.2, -0.15) is 0 Å². The fraction of sp³-hybridized carbons (Fsp3) is 0.452. The summed E-state index contributed by atoms with van der Waals surface area (Å²) < 4.78 is 14.0. The minimum atomic E-state index is -2.74. The number of carbonyl (C=O) groups excluding carboxylic acids is 2. The molecule has 4 rings (SSSR count). The molecule has 2 heterocycles. The van der Waals surface area contributed by atoms with E-state index in [-0.39, 0.29) is 29.3 Å². The molecular weight excluding hydrogens is 629 g/mol. The Morgan fingerprint density at radius 2 is 1.61 bits per heavy atom.